The fourth-order valence-electron chi connectivity index (χ4n) is 0. The van der Waals surface area contributed by atoms with Crippen molar-refractivity contribution in [3.8, 4) is 0 Å². The summed E-state index contributed by atoms with van der Waals surface area (Å²) in [5, 5.41) is 0. The van der Waals surface area contributed by atoms with Gasteiger partial charge in [0, 0.05) is 0 Å². The van der Waals surface area contributed by atoms with Gasteiger partial charge in [-0.3, -0.25) is 0 Å². The van der Waals surface area contributed by atoms with Gasteiger partial charge in [-0.05, 0) is 0 Å². The van der Waals surface area contributed by atoms with Crippen LogP contribution in [0.15, 0.2) is 0 Å². The second-order valence-corrected chi connectivity index (χ2v) is 0.189. The van der Waals surface area contributed by atoms with Gasteiger partial charge in [0.05, 0.1) is 11.3 Å². The molecular formula is CH6Cl2Na2O3. The molecule has 0 unspecified atom stereocenters. The molecule has 0 atom stereocenters. The Morgan fingerprint density at radius 1 is 1.00 bits per heavy atom. The minimum Gasteiger partial charge on any atom is -1.00 e. The van der Waals surface area contributed by atoms with E-state index in [1.54, 1.807) is 0 Å². The van der Waals surface area contributed by atoms with Gasteiger partial charge in [0.25, 0.3) is 0 Å². The molecule has 0 fully saturated rings. The maximum absolute atomic E-state index is 8.24. The summed E-state index contributed by atoms with van der Waals surface area (Å²) in [6.45, 7) is 0. The first-order valence-corrected chi connectivity index (χ1v) is 0.926. The van der Waals surface area contributed by atoms with Crippen LogP contribution < -0.4 is 80.8 Å². The van der Waals surface area contributed by atoms with Crippen molar-refractivity contribution in [3.05, 3.63) is 0 Å². The third-order valence-corrected chi connectivity index (χ3v) is 0. The fourth-order valence-corrected chi connectivity index (χ4v) is 0. The zero-order valence-electron chi connectivity index (χ0n) is 4.07. The Balaban J connectivity index is -0.00000000200. The van der Waals surface area contributed by atoms with Crippen molar-refractivity contribution < 1.29 is 97.6 Å². The normalized spacial score (nSPS) is 2.25. The van der Waals surface area contributed by atoms with E-state index in [0.717, 1.165) is 0 Å². The van der Waals surface area contributed by atoms with Crippen molar-refractivity contribution in [2.24, 2.45) is 0 Å². The summed E-state index contributed by atoms with van der Waals surface area (Å²) in [5.74, 6) is 0. The third kappa shape index (κ3) is 77.8. The number of halogens is 2. The molecule has 0 rings (SSSR count). The summed E-state index contributed by atoms with van der Waals surface area (Å²) in [6, 6.07) is 0. The standard InChI is InChI=1S/CH4.ClO2.ClH.2Na.H2O/c;2-1-3;;;;/h1H4;;1H;;;1H2/q;-1;;2*+1;/p-1. The molecule has 0 saturated heterocycles. The van der Waals surface area contributed by atoms with Crippen LogP contribution in [-0.4, -0.2) is 5.48 Å². The van der Waals surface area contributed by atoms with E-state index in [4.69, 9.17) is 9.32 Å². The second kappa shape index (κ2) is 56.6. The molecule has 0 heterocycles. The van der Waals surface area contributed by atoms with Crippen molar-refractivity contribution >= 4 is 0 Å². The third-order valence-electron chi connectivity index (χ3n) is 0. The molecule has 0 aromatic heterocycles. The molecule has 0 bridgehead atoms. The quantitative estimate of drug-likeness (QED) is 0.349. The maximum Gasteiger partial charge on any atom is 1.00 e. The molecule has 0 amide bonds. The van der Waals surface area contributed by atoms with Gasteiger partial charge >= 0.3 is 59.1 Å². The molecule has 0 aliphatic heterocycles. The molecule has 44 valence electrons. The van der Waals surface area contributed by atoms with Gasteiger partial charge in [-0.25, -0.2) is 0 Å². The van der Waals surface area contributed by atoms with Gasteiger partial charge in [-0.2, -0.15) is 0 Å². The van der Waals surface area contributed by atoms with Crippen molar-refractivity contribution in [3.63, 3.8) is 0 Å². The average Bonchev–Trinajstić information content (AvgIpc) is 0.918. The Hall–Kier alpha value is 2.46. The predicted molar refractivity (Wildman–Crippen MR) is 10.3 cm³/mol. The van der Waals surface area contributed by atoms with Crippen LogP contribution in [0.4, 0.5) is 0 Å². The Morgan fingerprint density at radius 2 is 1.00 bits per heavy atom. The number of hydrogen-bond acceptors (Lipinski definition) is 2. The number of rotatable bonds is 0. The van der Waals surface area contributed by atoms with Crippen LogP contribution in [0.3, 0.4) is 0 Å². The zero-order chi connectivity index (χ0) is 2.71. The van der Waals surface area contributed by atoms with Crippen LogP contribution in [0, 0.1) is 11.3 Å². The molecule has 0 radical (unpaired) electrons. The fraction of sp³-hybridized carbons (Fsp3) is 1.00. The maximum atomic E-state index is 8.24. The first-order chi connectivity index (χ1) is 1.41. The molecule has 0 aliphatic rings. The van der Waals surface area contributed by atoms with Gasteiger partial charge in [0.15, 0.2) is 0 Å². The SMILES string of the molecule is C.O.[Cl-].[Na+].[Na+].[O-][Cl+][O-]. The van der Waals surface area contributed by atoms with Crippen LogP contribution >= 0.6 is 0 Å². The Bertz CT molecular complexity index is 15.2. The average molecular weight is 183 g/mol. The predicted octanol–water partition coefficient (Wildman–Crippen LogP) is -11.6. The summed E-state index contributed by atoms with van der Waals surface area (Å²) in [5.41, 5.74) is 0. The first-order valence-electron chi connectivity index (χ1n) is 0.309. The van der Waals surface area contributed by atoms with Crippen LogP contribution in [0.25, 0.3) is 0 Å². The van der Waals surface area contributed by atoms with Gasteiger partial charge in [-0.1, -0.05) is 7.43 Å². The second-order valence-electron chi connectivity index (χ2n) is 0.0630. The molecule has 8 heavy (non-hydrogen) atoms. The van der Waals surface area contributed by atoms with E-state index in [9.17, 15) is 0 Å². The molecule has 3 nitrogen and oxygen atoms in total. The zero-order valence-corrected chi connectivity index (χ0v) is 9.58. The summed E-state index contributed by atoms with van der Waals surface area (Å²) in [4.78, 5) is 0. The number of hydrogen-bond donors (Lipinski definition) is 0. The van der Waals surface area contributed by atoms with Gasteiger partial charge in [0.2, 0.25) is 0 Å². The van der Waals surface area contributed by atoms with E-state index in [2.05, 4.69) is 0 Å². The Kier molecular flexibility index (Phi) is 333. The van der Waals surface area contributed by atoms with Crippen molar-refractivity contribution in [1.82, 2.24) is 0 Å². The van der Waals surface area contributed by atoms with E-state index < -0.39 is 11.3 Å². The summed E-state index contributed by atoms with van der Waals surface area (Å²) in [7, 11) is 0. The van der Waals surface area contributed by atoms with Gasteiger partial charge < -0.3 is 27.2 Å². The molecule has 0 aromatic rings. The molecule has 2 N–H and O–H groups in total. The van der Waals surface area contributed by atoms with Crippen molar-refractivity contribution in [2.45, 2.75) is 7.43 Å². The summed E-state index contributed by atoms with van der Waals surface area (Å²) < 4.78 is 16.5. The van der Waals surface area contributed by atoms with E-state index in [1.807, 2.05) is 0 Å². The van der Waals surface area contributed by atoms with E-state index in [0.29, 0.717) is 0 Å². The molecule has 7 heteroatoms. The summed E-state index contributed by atoms with van der Waals surface area (Å²) in [6.07, 6.45) is 0. The largest absolute Gasteiger partial charge is 1.00 e. The molecule has 0 aliphatic carbocycles. The molecule has 0 saturated carbocycles. The van der Waals surface area contributed by atoms with Crippen molar-refractivity contribution in [2.75, 3.05) is 0 Å². The van der Waals surface area contributed by atoms with Crippen molar-refractivity contribution in [1.29, 1.82) is 0 Å². The summed E-state index contributed by atoms with van der Waals surface area (Å²) >= 11 is -0.417. The minimum atomic E-state index is -0.417. The van der Waals surface area contributed by atoms with E-state index in [1.165, 1.54) is 0 Å². The van der Waals surface area contributed by atoms with Crippen LogP contribution in [0.5, 0.6) is 0 Å². The van der Waals surface area contributed by atoms with Crippen LogP contribution in [0.2, 0.25) is 0 Å². The topological polar surface area (TPSA) is 77.6 Å². The first kappa shape index (κ1) is 47.1. The molecule has 0 aromatic carbocycles. The molecular weight excluding hydrogens is 177 g/mol. The Morgan fingerprint density at radius 3 is 1.00 bits per heavy atom. The molecule has 0 spiro atoms. The van der Waals surface area contributed by atoms with Gasteiger partial charge in [0.1, 0.15) is 0 Å². The minimum absolute atomic E-state index is 0. The van der Waals surface area contributed by atoms with E-state index in [-0.39, 0.29) is 84.4 Å². The monoisotopic (exact) mass is 182 g/mol. The van der Waals surface area contributed by atoms with E-state index >= 15 is 0 Å². The smallest absolute Gasteiger partial charge is 1.00 e. The van der Waals surface area contributed by atoms with Crippen LogP contribution in [-0.2, 0) is 0 Å². The van der Waals surface area contributed by atoms with Gasteiger partial charge in [-0.15, -0.1) is 0 Å². The Labute approximate surface area is 104 Å². The van der Waals surface area contributed by atoms with Crippen LogP contribution in [0.1, 0.15) is 7.43 Å².